The fraction of sp³-hybridized carbons (Fsp3) is 0.500. The van der Waals surface area contributed by atoms with E-state index in [-0.39, 0.29) is 47.6 Å². The van der Waals surface area contributed by atoms with Gasteiger partial charge in [0.25, 0.3) is 0 Å². The number of nitrogens with zero attached hydrogens (tertiary/aromatic N) is 1. The number of benzene rings is 1. The maximum atomic E-state index is 11.8. The molecule has 23 heavy (non-hydrogen) atoms. The number of hydrazine groups is 1. The first-order valence-electron chi connectivity index (χ1n) is 7.03. The number of rotatable bonds is 6. The average Bonchev–Trinajstić information content (AvgIpc) is 2.69. The minimum absolute atomic E-state index is 0. The Morgan fingerprint density at radius 2 is 1.91 bits per heavy atom. The molecule has 0 atom stereocenters. The van der Waals surface area contributed by atoms with Gasteiger partial charge < -0.3 is 9.87 Å². The van der Waals surface area contributed by atoms with Gasteiger partial charge in [-0.25, -0.2) is 8.42 Å². The molecule has 0 radical (unpaired) electrons. The van der Waals surface area contributed by atoms with Crippen molar-refractivity contribution in [2.45, 2.75) is 20.3 Å². The standard InChI is InChI=1S/C14H21N3O4S.Na/c1-14(2)10-17(16-13(14)18)12-6-4-11(5-7-12)15-8-3-9-22(19,20)21;/h4-7,15H,3,8-10H2,1-2H3,(H,16,18)(H,19,20,21);/q;+1/p-1. The Morgan fingerprint density at radius 3 is 2.39 bits per heavy atom. The summed E-state index contributed by atoms with van der Waals surface area (Å²) < 4.78 is 31.5. The third-order valence-corrected chi connectivity index (χ3v) is 4.27. The molecule has 0 aliphatic carbocycles. The first-order chi connectivity index (χ1) is 10.2. The summed E-state index contributed by atoms with van der Waals surface area (Å²) >= 11 is 0. The number of carbonyl (C=O) groups excluding carboxylic acids is 1. The molecule has 1 aromatic carbocycles. The van der Waals surface area contributed by atoms with Crippen molar-refractivity contribution in [3.05, 3.63) is 24.3 Å². The van der Waals surface area contributed by atoms with Crippen molar-refractivity contribution < 1.29 is 47.3 Å². The van der Waals surface area contributed by atoms with Gasteiger partial charge in [-0.2, -0.15) is 0 Å². The van der Waals surface area contributed by atoms with E-state index in [0.717, 1.165) is 11.4 Å². The summed E-state index contributed by atoms with van der Waals surface area (Å²) in [4.78, 5) is 11.8. The van der Waals surface area contributed by atoms with Gasteiger partial charge in [0.05, 0.1) is 27.8 Å². The van der Waals surface area contributed by atoms with Crippen molar-refractivity contribution >= 4 is 27.4 Å². The van der Waals surface area contributed by atoms with Crippen molar-refractivity contribution in [1.29, 1.82) is 0 Å². The zero-order valence-electron chi connectivity index (χ0n) is 13.6. The van der Waals surface area contributed by atoms with Crippen molar-refractivity contribution in [2.24, 2.45) is 5.41 Å². The van der Waals surface area contributed by atoms with Crippen molar-refractivity contribution in [2.75, 3.05) is 29.2 Å². The van der Waals surface area contributed by atoms with Crippen LogP contribution in [-0.4, -0.2) is 37.7 Å². The Morgan fingerprint density at radius 1 is 1.30 bits per heavy atom. The number of anilines is 2. The van der Waals surface area contributed by atoms with E-state index in [0.29, 0.717) is 13.1 Å². The molecule has 7 nitrogen and oxygen atoms in total. The summed E-state index contributed by atoms with van der Waals surface area (Å²) in [6.45, 7) is 4.79. The smallest absolute Gasteiger partial charge is 0.748 e. The summed E-state index contributed by atoms with van der Waals surface area (Å²) in [5, 5.41) is 4.85. The number of hydrogen-bond donors (Lipinski definition) is 2. The molecule has 1 amide bonds. The SMILES string of the molecule is CC1(C)CN(c2ccc(NCCCS(=O)(=O)[O-])cc2)NC1=O.[Na+]. The van der Waals surface area contributed by atoms with Crippen LogP contribution in [0.25, 0.3) is 0 Å². The molecule has 1 aliphatic rings. The second-order valence-corrected chi connectivity index (χ2v) is 7.52. The molecule has 2 N–H and O–H groups in total. The predicted molar refractivity (Wildman–Crippen MR) is 83.4 cm³/mol. The Bertz CT molecular complexity index is 646. The molecule has 0 spiro atoms. The van der Waals surface area contributed by atoms with Crippen molar-refractivity contribution in [1.82, 2.24) is 5.43 Å². The van der Waals surface area contributed by atoms with Crippen molar-refractivity contribution in [3.63, 3.8) is 0 Å². The molecule has 122 valence electrons. The van der Waals surface area contributed by atoms with Gasteiger partial charge in [-0.05, 0) is 44.5 Å². The fourth-order valence-corrected chi connectivity index (χ4v) is 2.68. The van der Waals surface area contributed by atoms with Crippen LogP contribution >= 0.6 is 0 Å². The van der Waals surface area contributed by atoms with E-state index >= 15 is 0 Å². The summed E-state index contributed by atoms with van der Waals surface area (Å²) in [6, 6.07) is 7.43. The normalized spacial score (nSPS) is 16.7. The zero-order chi connectivity index (χ0) is 16.4. The Hall–Kier alpha value is -0.800. The molecule has 9 heteroatoms. The van der Waals surface area contributed by atoms with E-state index in [1.165, 1.54) is 0 Å². The van der Waals surface area contributed by atoms with Gasteiger partial charge in [-0.15, -0.1) is 0 Å². The molecule has 1 saturated heterocycles. The van der Waals surface area contributed by atoms with Crippen LogP contribution in [0.5, 0.6) is 0 Å². The second-order valence-electron chi connectivity index (χ2n) is 6.00. The molecule has 1 aliphatic heterocycles. The molecule has 0 unspecified atom stereocenters. The van der Waals surface area contributed by atoms with Crippen LogP contribution in [0, 0.1) is 5.41 Å². The maximum absolute atomic E-state index is 11.8. The van der Waals surface area contributed by atoms with Crippen LogP contribution in [0.1, 0.15) is 20.3 Å². The monoisotopic (exact) mass is 349 g/mol. The molecule has 2 rings (SSSR count). The molecule has 0 bridgehead atoms. The minimum atomic E-state index is -4.15. The van der Waals surface area contributed by atoms with Crippen LogP contribution in [0.2, 0.25) is 0 Å². The van der Waals surface area contributed by atoms with Gasteiger partial charge in [-0.3, -0.25) is 15.2 Å². The summed E-state index contributed by atoms with van der Waals surface area (Å²) in [6.07, 6.45) is 0.268. The minimum Gasteiger partial charge on any atom is -0.748 e. The molecular formula is C14H20N3NaO4S. The molecule has 1 fully saturated rings. The number of carbonyl (C=O) groups is 1. The van der Waals surface area contributed by atoms with E-state index in [9.17, 15) is 17.8 Å². The molecule has 0 saturated carbocycles. The largest absolute Gasteiger partial charge is 1.00 e. The quantitative estimate of drug-likeness (QED) is 0.347. The molecule has 0 aromatic heterocycles. The number of nitrogens with one attached hydrogen (secondary N) is 2. The second kappa shape index (κ2) is 7.85. The zero-order valence-corrected chi connectivity index (χ0v) is 16.4. The van der Waals surface area contributed by atoms with Crippen LogP contribution < -0.4 is 45.3 Å². The number of amides is 1. The van der Waals surface area contributed by atoms with E-state index in [4.69, 9.17) is 0 Å². The first kappa shape index (κ1) is 20.2. The van der Waals surface area contributed by atoms with Crippen LogP contribution in [-0.2, 0) is 14.9 Å². The van der Waals surface area contributed by atoms with E-state index in [2.05, 4.69) is 10.7 Å². The molecule has 1 aromatic rings. The predicted octanol–water partition coefficient (Wildman–Crippen LogP) is -2.08. The average molecular weight is 349 g/mol. The molecular weight excluding hydrogens is 329 g/mol. The van der Waals surface area contributed by atoms with Gasteiger partial charge in [0, 0.05) is 18.0 Å². The Kier molecular flexibility index (Phi) is 6.91. The van der Waals surface area contributed by atoms with Crippen LogP contribution in [0.3, 0.4) is 0 Å². The fourth-order valence-electron chi connectivity index (χ4n) is 2.18. The Labute approximate surface area is 158 Å². The van der Waals surface area contributed by atoms with Crippen LogP contribution in [0.15, 0.2) is 24.3 Å². The topological polar surface area (TPSA) is 102 Å². The Balaban J connectivity index is 0.00000264. The summed E-state index contributed by atoms with van der Waals surface area (Å²) in [5.41, 5.74) is 4.12. The first-order valence-corrected chi connectivity index (χ1v) is 8.61. The van der Waals surface area contributed by atoms with E-state index < -0.39 is 15.5 Å². The third-order valence-electron chi connectivity index (χ3n) is 3.48. The van der Waals surface area contributed by atoms with Gasteiger partial charge in [0.1, 0.15) is 0 Å². The van der Waals surface area contributed by atoms with Gasteiger partial charge >= 0.3 is 29.6 Å². The maximum Gasteiger partial charge on any atom is 1.00 e. The number of hydrogen-bond acceptors (Lipinski definition) is 6. The van der Waals surface area contributed by atoms with E-state index in [1.54, 1.807) is 5.01 Å². The summed E-state index contributed by atoms with van der Waals surface area (Å²) in [5.74, 6) is -0.374. The van der Waals surface area contributed by atoms with Crippen molar-refractivity contribution in [3.8, 4) is 0 Å². The van der Waals surface area contributed by atoms with Gasteiger partial charge in [0.2, 0.25) is 5.91 Å². The third kappa shape index (κ3) is 5.96. The molecule has 1 heterocycles. The van der Waals surface area contributed by atoms with Gasteiger partial charge in [0.15, 0.2) is 0 Å². The van der Waals surface area contributed by atoms with Crippen LogP contribution in [0.4, 0.5) is 11.4 Å². The van der Waals surface area contributed by atoms with E-state index in [1.807, 2.05) is 38.1 Å². The summed E-state index contributed by atoms with van der Waals surface area (Å²) in [7, 11) is -4.15. The van der Waals surface area contributed by atoms with Gasteiger partial charge in [-0.1, -0.05) is 0 Å².